The first-order chi connectivity index (χ1) is 9.89. The minimum atomic E-state index is -4.52. The van der Waals surface area contributed by atoms with E-state index in [9.17, 15) is 18.4 Å². The Kier molecular flexibility index (Phi) is 4.11. The Labute approximate surface area is 119 Å². The van der Waals surface area contributed by atoms with E-state index < -0.39 is 11.7 Å². The molecule has 0 saturated carbocycles. The van der Waals surface area contributed by atoms with Crippen LogP contribution in [0, 0.1) is 12.1 Å². The van der Waals surface area contributed by atoms with Crippen LogP contribution in [-0.4, -0.2) is 4.86 Å². The van der Waals surface area contributed by atoms with Crippen LogP contribution >= 0.6 is 0 Å². The summed E-state index contributed by atoms with van der Waals surface area (Å²) < 4.78 is 38.4. The number of aryl methyl sites for hydroxylation is 1. The molecule has 2 rings (SSSR count). The fourth-order valence-corrected chi connectivity index (χ4v) is 1.76. The van der Waals surface area contributed by atoms with Crippen LogP contribution < -0.4 is 5.43 Å². The highest BCUT2D eigenvalue weighted by atomic mass is 19.4. The number of anilines is 1. The molecule has 0 heterocycles. The van der Waals surface area contributed by atoms with Crippen LogP contribution in [0.25, 0.3) is 0 Å². The van der Waals surface area contributed by atoms with Gasteiger partial charge in [-0.2, -0.15) is 13.2 Å². The van der Waals surface area contributed by atoms with E-state index in [0.717, 1.165) is 6.07 Å². The van der Waals surface area contributed by atoms with E-state index in [2.05, 4.69) is 10.6 Å². The van der Waals surface area contributed by atoms with Crippen LogP contribution in [-0.2, 0) is 6.18 Å². The molecule has 0 bridgehead atoms. The average molecular weight is 295 g/mol. The second-order valence-electron chi connectivity index (χ2n) is 4.31. The molecule has 0 aliphatic heterocycles. The number of halogens is 3. The number of benzene rings is 2. The zero-order valence-corrected chi connectivity index (χ0v) is 11.1. The lowest BCUT2D eigenvalue weighted by Crippen LogP contribution is -2.09. The lowest BCUT2D eigenvalue weighted by molar-refractivity contribution is -0.440. The molecule has 0 aliphatic carbocycles. The van der Waals surface area contributed by atoms with Crippen molar-refractivity contribution in [3.05, 3.63) is 64.9 Å². The minimum Gasteiger partial charge on any atom is -0.691 e. The smallest absolute Gasteiger partial charge is 0.420 e. The molecule has 0 fully saturated rings. The third kappa shape index (κ3) is 3.50. The summed E-state index contributed by atoms with van der Waals surface area (Å²) in [5.41, 5.74) is 1.93. The van der Waals surface area contributed by atoms with Gasteiger partial charge in [-0.25, -0.2) is 0 Å². The molecule has 0 amide bonds. The van der Waals surface area contributed by atoms with Crippen LogP contribution in [0.2, 0.25) is 0 Å². The van der Waals surface area contributed by atoms with Crippen molar-refractivity contribution in [1.29, 1.82) is 0 Å². The van der Waals surface area contributed by atoms with Crippen LogP contribution in [0.4, 0.5) is 24.5 Å². The van der Waals surface area contributed by atoms with Gasteiger partial charge in [0, 0.05) is 0 Å². The van der Waals surface area contributed by atoms with Gasteiger partial charge in [0.1, 0.15) is 5.56 Å². The number of hydrogen-bond donors (Lipinski definition) is 1. The first kappa shape index (κ1) is 14.8. The predicted octanol–water partition coefficient (Wildman–Crippen LogP) is 4.63. The van der Waals surface area contributed by atoms with Crippen molar-refractivity contribution >= 4 is 11.4 Å². The molecule has 2 aromatic carbocycles. The first-order valence-corrected chi connectivity index (χ1v) is 6.05. The Balaban J connectivity index is 2.28. The van der Waals surface area contributed by atoms with Crippen molar-refractivity contribution in [1.82, 2.24) is 0 Å². The molecule has 0 atom stereocenters. The van der Waals surface area contributed by atoms with Crippen molar-refractivity contribution in [3.63, 3.8) is 0 Å². The van der Waals surface area contributed by atoms with Gasteiger partial charge >= 0.3 is 6.18 Å². The summed E-state index contributed by atoms with van der Waals surface area (Å²) in [5.74, 6) is 0. The average Bonchev–Trinajstić information content (AvgIpc) is 2.44. The molecule has 0 unspecified atom stereocenters. The van der Waals surface area contributed by atoms with Gasteiger partial charge in [-0.15, -0.1) is 10.3 Å². The Bertz CT molecular complexity index is 669. The SMILES string of the molecule is Cc1ccccc1/[N+]([O-])=N/Nc1ccccc1C(F)(F)F. The Morgan fingerprint density at radius 1 is 1.05 bits per heavy atom. The fourth-order valence-electron chi connectivity index (χ4n) is 1.76. The van der Waals surface area contributed by atoms with Crippen LogP contribution in [0.1, 0.15) is 11.1 Å². The molecule has 4 nitrogen and oxygen atoms in total. The zero-order chi connectivity index (χ0) is 15.5. The number of alkyl halides is 3. The standard InChI is InChI=1S/C14H12F3N3O/c1-10-6-2-5-9-13(10)20(21)19-18-12-8-4-3-7-11(12)14(15,16)17/h2-9,18H,1H3/b20-19-. The van der Waals surface area contributed by atoms with Gasteiger partial charge in [0.25, 0.3) is 0 Å². The summed E-state index contributed by atoms with van der Waals surface area (Å²) >= 11 is 0. The summed E-state index contributed by atoms with van der Waals surface area (Å²) in [6, 6.07) is 11.5. The van der Waals surface area contributed by atoms with Gasteiger partial charge in [0.2, 0.25) is 0 Å². The van der Waals surface area contributed by atoms with Crippen molar-refractivity contribution in [2.75, 3.05) is 5.43 Å². The zero-order valence-electron chi connectivity index (χ0n) is 11.1. The molecule has 0 aromatic heterocycles. The topological polar surface area (TPSA) is 50.5 Å². The molecule has 0 radical (unpaired) electrons. The summed E-state index contributed by atoms with van der Waals surface area (Å²) in [6.45, 7) is 1.71. The van der Waals surface area contributed by atoms with E-state index in [0.29, 0.717) is 5.56 Å². The molecule has 0 saturated heterocycles. The summed E-state index contributed by atoms with van der Waals surface area (Å²) in [7, 11) is 0. The van der Waals surface area contributed by atoms with E-state index in [1.54, 1.807) is 25.1 Å². The lowest BCUT2D eigenvalue weighted by Gasteiger charge is -2.10. The van der Waals surface area contributed by atoms with Crippen LogP contribution in [0.5, 0.6) is 0 Å². The molecule has 110 valence electrons. The second kappa shape index (κ2) is 5.82. The van der Waals surface area contributed by atoms with Crippen LogP contribution in [0.3, 0.4) is 0 Å². The maximum absolute atomic E-state index is 12.8. The van der Waals surface area contributed by atoms with E-state index in [4.69, 9.17) is 0 Å². The molecule has 0 aliphatic rings. The summed E-state index contributed by atoms with van der Waals surface area (Å²) in [5, 5.41) is 15.2. The van der Waals surface area contributed by atoms with Gasteiger partial charge < -0.3 is 5.21 Å². The lowest BCUT2D eigenvalue weighted by atomic mass is 10.2. The largest absolute Gasteiger partial charge is 0.691 e. The molecule has 0 spiro atoms. The highest BCUT2D eigenvalue weighted by molar-refractivity contribution is 5.51. The Morgan fingerprint density at radius 3 is 2.33 bits per heavy atom. The van der Waals surface area contributed by atoms with Crippen LogP contribution in [0.15, 0.2) is 53.8 Å². The fraction of sp³-hybridized carbons (Fsp3) is 0.143. The van der Waals surface area contributed by atoms with E-state index in [-0.39, 0.29) is 16.2 Å². The van der Waals surface area contributed by atoms with E-state index >= 15 is 0 Å². The maximum atomic E-state index is 12.8. The van der Waals surface area contributed by atoms with Crippen molar-refractivity contribution < 1.29 is 18.0 Å². The number of rotatable bonds is 3. The van der Waals surface area contributed by atoms with Gasteiger partial charge in [-0.05, 0) is 30.7 Å². The molecule has 7 heteroatoms. The van der Waals surface area contributed by atoms with Gasteiger partial charge in [0.05, 0.1) is 5.22 Å². The highest BCUT2D eigenvalue weighted by Gasteiger charge is 2.34. The number of para-hydroxylation sites is 2. The first-order valence-electron chi connectivity index (χ1n) is 6.05. The van der Waals surface area contributed by atoms with Crippen molar-refractivity contribution in [3.8, 4) is 0 Å². The third-order valence-electron chi connectivity index (χ3n) is 2.82. The molecule has 1 N–H and O–H groups in total. The summed E-state index contributed by atoms with van der Waals surface area (Å²) in [4.78, 5) is 0.252. The predicted molar refractivity (Wildman–Crippen MR) is 72.0 cm³/mol. The van der Waals surface area contributed by atoms with Crippen molar-refractivity contribution in [2.24, 2.45) is 5.22 Å². The van der Waals surface area contributed by atoms with E-state index in [1.165, 1.54) is 24.3 Å². The molecular weight excluding hydrogens is 283 g/mol. The number of hydrogen-bond acceptors (Lipinski definition) is 2. The molecule has 21 heavy (non-hydrogen) atoms. The second-order valence-corrected chi connectivity index (χ2v) is 4.31. The third-order valence-corrected chi connectivity index (χ3v) is 2.82. The molecule has 2 aromatic rings. The molecular formula is C14H12F3N3O. The van der Waals surface area contributed by atoms with Gasteiger partial charge in [-0.1, -0.05) is 30.3 Å². The van der Waals surface area contributed by atoms with Gasteiger partial charge in [-0.3, -0.25) is 0 Å². The summed E-state index contributed by atoms with van der Waals surface area (Å²) in [6.07, 6.45) is -4.52. The quantitative estimate of drug-likeness (QED) is 0.509. The monoisotopic (exact) mass is 295 g/mol. The van der Waals surface area contributed by atoms with Crippen molar-refractivity contribution in [2.45, 2.75) is 13.1 Å². The Morgan fingerprint density at radius 2 is 1.67 bits per heavy atom. The van der Waals surface area contributed by atoms with E-state index in [1.807, 2.05) is 0 Å². The number of nitrogens with one attached hydrogen (secondary N) is 1. The normalized spacial score (nSPS) is 12.3. The maximum Gasteiger partial charge on any atom is 0.420 e. The minimum absolute atomic E-state index is 0.252. The Hall–Kier alpha value is -2.57. The van der Waals surface area contributed by atoms with Gasteiger partial charge in [0.15, 0.2) is 11.4 Å². The number of nitrogens with zero attached hydrogens (tertiary/aromatic N) is 2. The highest BCUT2D eigenvalue weighted by Crippen LogP contribution is 2.34.